The van der Waals surface area contributed by atoms with Crippen molar-refractivity contribution in [2.24, 2.45) is 23.5 Å². The van der Waals surface area contributed by atoms with E-state index in [4.69, 9.17) is 5.73 Å². The molecule has 0 aromatic rings. The number of nitrogens with two attached hydrogens (primary N) is 1. The Hall–Kier alpha value is -0.170. The number of hydrogen-bond acceptors (Lipinski definition) is 3. The van der Waals surface area contributed by atoms with Gasteiger partial charge in [0.25, 0.3) is 10.2 Å². The third-order valence-corrected chi connectivity index (χ3v) is 5.50. The highest BCUT2D eigenvalue weighted by Gasteiger charge is 2.36. The van der Waals surface area contributed by atoms with Gasteiger partial charge in [0.15, 0.2) is 0 Å². The van der Waals surface area contributed by atoms with E-state index in [1.807, 2.05) is 0 Å². The molecule has 0 bridgehead atoms. The second-order valence-electron chi connectivity index (χ2n) is 6.07. The van der Waals surface area contributed by atoms with Crippen molar-refractivity contribution in [2.75, 3.05) is 19.6 Å². The van der Waals surface area contributed by atoms with Crippen molar-refractivity contribution in [1.29, 1.82) is 0 Å². The van der Waals surface area contributed by atoms with E-state index in [1.54, 1.807) is 4.31 Å². The van der Waals surface area contributed by atoms with Gasteiger partial charge in [0.1, 0.15) is 0 Å². The number of rotatable bonds is 5. The molecule has 0 spiro atoms. The Labute approximate surface area is 110 Å². The van der Waals surface area contributed by atoms with Gasteiger partial charge in [0.05, 0.1) is 0 Å². The molecule has 3 atom stereocenters. The average molecular weight is 275 g/mol. The lowest BCUT2D eigenvalue weighted by atomic mass is 9.94. The van der Waals surface area contributed by atoms with Crippen LogP contribution in [0.2, 0.25) is 0 Å². The van der Waals surface area contributed by atoms with Gasteiger partial charge in [0.2, 0.25) is 0 Å². The molecule has 1 aliphatic heterocycles. The second-order valence-corrected chi connectivity index (χ2v) is 7.77. The summed E-state index contributed by atoms with van der Waals surface area (Å²) in [6, 6.07) is -0.0810. The molecular weight excluding hydrogens is 250 g/mol. The molecule has 5 nitrogen and oxygen atoms in total. The summed E-state index contributed by atoms with van der Waals surface area (Å²) in [5, 5.41) is 0. The third kappa shape index (κ3) is 3.44. The quantitative estimate of drug-likeness (QED) is 0.769. The summed E-state index contributed by atoms with van der Waals surface area (Å²) in [7, 11) is -3.36. The molecule has 1 aliphatic carbocycles. The molecule has 18 heavy (non-hydrogen) atoms. The van der Waals surface area contributed by atoms with Gasteiger partial charge in [-0.05, 0) is 37.0 Å². The maximum absolute atomic E-state index is 12.3. The van der Waals surface area contributed by atoms with Crippen molar-refractivity contribution in [2.45, 2.75) is 39.2 Å². The van der Waals surface area contributed by atoms with E-state index >= 15 is 0 Å². The first-order chi connectivity index (χ1) is 8.42. The molecule has 3 unspecified atom stereocenters. The van der Waals surface area contributed by atoms with Gasteiger partial charge in [-0.3, -0.25) is 0 Å². The van der Waals surface area contributed by atoms with Crippen LogP contribution in [-0.2, 0) is 10.2 Å². The van der Waals surface area contributed by atoms with Gasteiger partial charge in [-0.2, -0.15) is 17.4 Å². The van der Waals surface area contributed by atoms with E-state index in [0.29, 0.717) is 37.4 Å². The van der Waals surface area contributed by atoms with E-state index < -0.39 is 10.2 Å². The Kier molecular flexibility index (Phi) is 4.31. The van der Waals surface area contributed by atoms with Gasteiger partial charge >= 0.3 is 0 Å². The van der Waals surface area contributed by atoms with Crippen LogP contribution in [0.5, 0.6) is 0 Å². The lowest BCUT2D eigenvalue weighted by molar-refractivity contribution is 0.219. The largest absolute Gasteiger partial charge is 0.329 e. The van der Waals surface area contributed by atoms with Crippen LogP contribution >= 0.6 is 0 Å². The Morgan fingerprint density at radius 1 is 1.28 bits per heavy atom. The Balaban J connectivity index is 2.00. The summed E-state index contributed by atoms with van der Waals surface area (Å²) in [4.78, 5) is 0. The Morgan fingerprint density at radius 2 is 1.83 bits per heavy atom. The lowest BCUT2D eigenvalue weighted by Crippen LogP contribution is -2.52. The minimum absolute atomic E-state index is 0.0810. The molecule has 1 heterocycles. The number of nitrogens with one attached hydrogen (secondary N) is 1. The highest BCUT2D eigenvalue weighted by atomic mass is 32.2. The van der Waals surface area contributed by atoms with Crippen LogP contribution in [0, 0.1) is 17.8 Å². The molecule has 1 saturated carbocycles. The number of nitrogens with zero attached hydrogens (tertiary/aromatic N) is 1. The van der Waals surface area contributed by atoms with Gasteiger partial charge in [-0.1, -0.05) is 13.8 Å². The molecule has 0 aromatic heterocycles. The van der Waals surface area contributed by atoms with E-state index in [9.17, 15) is 8.42 Å². The number of hydrogen-bond donors (Lipinski definition) is 2. The Bertz CT molecular complexity index is 371. The molecule has 106 valence electrons. The molecule has 2 rings (SSSR count). The van der Waals surface area contributed by atoms with Crippen LogP contribution in [0.25, 0.3) is 0 Å². The fourth-order valence-electron chi connectivity index (χ4n) is 2.90. The fourth-order valence-corrected chi connectivity index (χ4v) is 4.63. The molecule has 2 aliphatic rings. The summed E-state index contributed by atoms with van der Waals surface area (Å²) in [5.74, 6) is 1.31. The van der Waals surface area contributed by atoms with Crippen molar-refractivity contribution < 1.29 is 8.42 Å². The normalized spacial score (nSPS) is 32.4. The predicted octanol–water partition coefficient (Wildman–Crippen LogP) is 0.536. The first-order valence-corrected chi connectivity index (χ1v) is 8.34. The van der Waals surface area contributed by atoms with Crippen molar-refractivity contribution in [3.8, 4) is 0 Å². The van der Waals surface area contributed by atoms with E-state index in [-0.39, 0.29) is 6.04 Å². The van der Waals surface area contributed by atoms with Crippen LogP contribution in [0.15, 0.2) is 0 Å². The van der Waals surface area contributed by atoms with Crippen LogP contribution in [0.4, 0.5) is 0 Å². The SMILES string of the molecule is CC1CC(C)CN(S(=O)(=O)NC(CN)C2CC2)C1. The maximum Gasteiger partial charge on any atom is 0.279 e. The standard InChI is InChI=1S/C12H25N3O2S/c1-9-5-10(2)8-15(7-9)18(16,17)14-12(6-13)11-3-4-11/h9-12,14H,3-8,13H2,1-2H3. The smallest absolute Gasteiger partial charge is 0.279 e. The molecule has 2 fully saturated rings. The lowest BCUT2D eigenvalue weighted by Gasteiger charge is -2.35. The molecule has 3 N–H and O–H groups in total. The second kappa shape index (κ2) is 5.45. The Morgan fingerprint density at radius 3 is 2.28 bits per heavy atom. The molecular formula is C12H25N3O2S. The van der Waals surface area contributed by atoms with Crippen molar-refractivity contribution >= 4 is 10.2 Å². The first kappa shape index (κ1) is 14.2. The van der Waals surface area contributed by atoms with Crippen molar-refractivity contribution in [3.63, 3.8) is 0 Å². The zero-order valence-electron chi connectivity index (χ0n) is 11.3. The summed E-state index contributed by atoms with van der Waals surface area (Å²) in [5.41, 5.74) is 5.66. The molecule has 0 aromatic carbocycles. The topological polar surface area (TPSA) is 75.4 Å². The molecule has 6 heteroatoms. The summed E-state index contributed by atoms with van der Waals surface area (Å²) >= 11 is 0. The van der Waals surface area contributed by atoms with Gasteiger partial charge in [-0.15, -0.1) is 0 Å². The highest BCUT2D eigenvalue weighted by molar-refractivity contribution is 7.87. The van der Waals surface area contributed by atoms with Gasteiger partial charge in [0, 0.05) is 25.7 Å². The minimum atomic E-state index is -3.36. The zero-order chi connectivity index (χ0) is 13.3. The van der Waals surface area contributed by atoms with Crippen LogP contribution < -0.4 is 10.5 Å². The van der Waals surface area contributed by atoms with E-state index in [0.717, 1.165) is 19.3 Å². The van der Waals surface area contributed by atoms with Gasteiger partial charge < -0.3 is 5.73 Å². The number of piperidine rings is 1. The molecule has 0 radical (unpaired) electrons. The fraction of sp³-hybridized carbons (Fsp3) is 1.00. The van der Waals surface area contributed by atoms with Crippen LogP contribution in [-0.4, -0.2) is 38.4 Å². The van der Waals surface area contributed by atoms with Crippen molar-refractivity contribution in [1.82, 2.24) is 9.03 Å². The van der Waals surface area contributed by atoms with Crippen molar-refractivity contribution in [3.05, 3.63) is 0 Å². The maximum atomic E-state index is 12.3. The predicted molar refractivity (Wildman–Crippen MR) is 72.1 cm³/mol. The summed E-state index contributed by atoms with van der Waals surface area (Å²) < 4.78 is 29.1. The van der Waals surface area contributed by atoms with Gasteiger partial charge in [-0.25, -0.2) is 0 Å². The third-order valence-electron chi connectivity index (χ3n) is 3.92. The minimum Gasteiger partial charge on any atom is -0.329 e. The van der Waals surface area contributed by atoms with Crippen LogP contribution in [0.3, 0.4) is 0 Å². The summed E-state index contributed by atoms with van der Waals surface area (Å²) in [6.45, 7) is 5.87. The first-order valence-electron chi connectivity index (χ1n) is 6.90. The van der Waals surface area contributed by atoms with E-state index in [2.05, 4.69) is 18.6 Å². The summed E-state index contributed by atoms with van der Waals surface area (Å²) in [6.07, 6.45) is 3.29. The van der Waals surface area contributed by atoms with Crippen LogP contribution in [0.1, 0.15) is 33.1 Å². The monoisotopic (exact) mass is 275 g/mol. The zero-order valence-corrected chi connectivity index (χ0v) is 12.1. The van der Waals surface area contributed by atoms with E-state index in [1.165, 1.54) is 0 Å². The molecule has 1 saturated heterocycles. The highest BCUT2D eigenvalue weighted by Crippen LogP contribution is 2.33. The average Bonchev–Trinajstić information content (AvgIpc) is 3.08. The molecule has 0 amide bonds.